The van der Waals surface area contributed by atoms with E-state index in [1.807, 2.05) is 31.2 Å². The van der Waals surface area contributed by atoms with E-state index in [0.29, 0.717) is 0 Å². The van der Waals surface area contributed by atoms with Crippen molar-refractivity contribution in [3.63, 3.8) is 0 Å². The van der Waals surface area contributed by atoms with Gasteiger partial charge in [-0.1, -0.05) is 30.0 Å². The van der Waals surface area contributed by atoms with Gasteiger partial charge in [-0.2, -0.15) is 5.10 Å². The van der Waals surface area contributed by atoms with E-state index >= 15 is 0 Å². The Labute approximate surface area is 141 Å². The first-order valence-corrected chi connectivity index (χ1v) is 8.34. The van der Waals surface area contributed by atoms with Crippen LogP contribution in [0.15, 0.2) is 46.7 Å². The number of rotatable bonds is 5. The van der Waals surface area contributed by atoms with Crippen molar-refractivity contribution in [3.05, 3.63) is 58.8 Å². The lowest BCUT2D eigenvalue weighted by Crippen LogP contribution is -2.26. The van der Waals surface area contributed by atoms with Gasteiger partial charge in [-0.15, -0.1) is 0 Å². The van der Waals surface area contributed by atoms with Gasteiger partial charge < -0.3 is 0 Å². The highest BCUT2D eigenvalue weighted by Crippen LogP contribution is 2.20. The van der Waals surface area contributed by atoms with E-state index in [1.54, 1.807) is 12.4 Å². The zero-order valence-corrected chi connectivity index (χ0v) is 14.6. The van der Waals surface area contributed by atoms with Crippen LogP contribution in [0.25, 0.3) is 0 Å². The fraction of sp³-hybridized carbons (Fsp3) is 0.278. The molecule has 0 aliphatic carbocycles. The summed E-state index contributed by atoms with van der Waals surface area (Å²) in [7, 11) is 0. The van der Waals surface area contributed by atoms with Crippen molar-refractivity contribution >= 4 is 23.9 Å². The molecule has 0 radical (unpaired) electrons. The molecule has 2 rings (SSSR count). The van der Waals surface area contributed by atoms with E-state index in [0.717, 1.165) is 10.6 Å². The average Bonchev–Trinajstić information content (AvgIpc) is 2.55. The lowest BCUT2D eigenvalue weighted by molar-refractivity contribution is -0.120. The van der Waals surface area contributed by atoms with Crippen molar-refractivity contribution in [1.82, 2.24) is 10.4 Å². The molecule has 0 saturated heterocycles. The lowest BCUT2D eigenvalue weighted by atomic mass is 10.00. The second-order valence-electron chi connectivity index (χ2n) is 5.38. The molecule has 1 atom stereocenters. The smallest absolute Gasteiger partial charge is 0.253 e. The number of nitrogens with zero attached hydrogens (tertiary/aromatic N) is 2. The first kappa shape index (κ1) is 17.2. The molecule has 0 spiro atoms. The predicted octanol–water partition coefficient (Wildman–Crippen LogP) is 3.64. The van der Waals surface area contributed by atoms with Gasteiger partial charge in [0.05, 0.1) is 16.5 Å². The van der Waals surface area contributed by atoms with Crippen LogP contribution >= 0.6 is 11.8 Å². The standard InChI is InChI=1S/C18H21N3OS/c1-12-8-9-16(14(3)13(12)2)11-20-21-18(22)15(4)23-17-7-5-6-10-19-17/h5-11,15H,1-4H3,(H,21,22)/b20-11-/t15-/m0/s1. The normalized spacial score (nSPS) is 12.3. The van der Waals surface area contributed by atoms with Crippen molar-refractivity contribution in [1.29, 1.82) is 0 Å². The number of amides is 1. The van der Waals surface area contributed by atoms with Gasteiger partial charge in [0.2, 0.25) is 0 Å². The molecule has 120 valence electrons. The van der Waals surface area contributed by atoms with Gasteiger partial charge in [-0.05, 0) is 62.1 Å². The predicted molar refractivity (Wildman–Crippen MR) is 95.9 cm³/mol. The number of nitrogens with one attached hydrogen (secondary N) is 1. The number of carbonyl (C=O) groups is 1. The molecule has 4 nitrogen and oxygen atoms in total. The SMILES string of the molecule is Cc1ccc(/C=N\NC(=O)[C@H](C)Sc2ccccn2)c(C)c1C. The highest BCUT2D eigenvalue weighted by Gasteiger charge is 2.14. The molecular formula is C18H21N3OS. The quantitative estimate of drug-likeness (QED) is 0.518. The number of thioether (sulfide) groups is 1. The van der Waals surface area contributed by atoms with Gasteiger partial charge in [-0.3, -0.25) is 4.79 Å². The molecule has 1 aromatic heterocycles. The summed E-state index contributed by atoms with van der Waals surface area (Å²) < 4.78 is 0. The maximum Gasteiger partial charge on any atom is 0.253 e. The van der Waals surface area contributed by atoms with Crippen LogP contribution in [0.2, 0.25) is 0 Å². The van der Waals surface area contributed by atoms with Gasteiger partial charge in [0.1, 0.15) is 0 Å². The van der Waals surface area contributed by atoms with Crippen LogP contribution in [0.1, 0.15) is 29.2 Å². The Balaban J connectivity index is 1.95. The Hall–Kier alpha value is -2.14. The zero-order valence-electron chi connectivity index (χ0n) is 13.8. The maximum absolute atomic E-state index is 12.1. The number of aryl methyl sites for hydroxylation is 1. The third-order valence-corrected chi connectivity index (χ3v) is 4.83. The van der Waals surface area contributed by atoms with Gasteiger partial charge in [-0.25, -0.2) is 10.4 Å². The highest BCUT2D eigenvalue weighted by atomic mass is 32.2. The molecular weight excluding hydrogens is 306 g/mol. The van der Waals surface area contributed by atoms with Crippen molar-refractivity contribution in [2.24, 2.45) is 5.10 Å². The van der Waals surface area contributed by atoms with Crippen LogP contribution in [0.5, 0.6) is 0 Å². The molecule has 0 saturated carbocycles. The fourth-order valence-corrected chi connectivity index (χ4v) is 2.83. The van der Waals surface area contributed by atoms with Crippen molar-refractivity contribution in [2.75, 3.05) is 0 Å². The first-order chi connectivity index (χ1) is 11.0. The molecule has 0 aliphatic heterocycles. The first-order valence-electron chi connectivity index (χ1n) is 7.46. The molecule has 0 aliphatic rings. The third-order valence-electron chi connectivity index (χ3n) is 3.78. The van der Waals surface area contributed by atoms with Crippen molar-refractivity contribution in [2.45, 2.75) is 38.0 Å². The van der Waals surface area contributed by atoms with E-state index < -0.39 is 0 Å². The number of hydrazone groups is 1. The Morgan fingerprint density at radius 3 is 2.70 bits per heavy atom. The number of pyridine rings is 1. The van der Waals surface area contributed by atoms with Gasteiger partial charge in [0.25, 0.3) is 5.91 Å². The highest BCUT2D eigenvalue weighted by molar-refractivity contribution is 8.00. The number of carbonyl (C=O) groups excluding carboxylic acids is 1. The second kappa shape index (κ2) is 7.92. The molecule has 1 aromatic carbocycles. The van der Waals surface area contributed by atoms with Gasteiger partial charge >= 0.3 is 0 Å². The van der Waals surface area contributed by atoms with Crippen molar-refractivity contribution < 1.29 is 4.79 Å². The summed E-state index contributed by atoms with van der Waals surface area (Å²) in [6.07, 6.45) is 3.41. The molecule has 5 heteroatoms. The van der Waals surface area contributed by atoms with Crippen LogP contribution in [-0.4, -0.2) is 22.4 Å². The molecule has 23 heavy (non-hydrogen) atoms. The van der Waals surface area contributed by atoms with Gasteiger partial charge in [0, 0.05) is 6.20 Å². The monoisotopic (exact) mass is 327 g/mol. The van der Waals surface area contributed by atoms with Gasteiger partial charge in [0.15, 0.2) is 0 Å². The Kier molecular flexibility index (Phi) is 5.93. The van der Waals surface area contributed by atoms with E-state index in [4.69, 9.17) is 0 Å². The molecule has 0 bridgehead atoms. The number of aromatic nitrogens is 1. The summed E-state index contributed by atoms with van der Waals surface area (Å²) in [4.78, 5) is 16.3. The number of benzene rings is 1. The van der Waals surface area contributed by atoms with E-state index in [2.05, 4.69) is 42.3 Å². The van der Waals surface area contributed by atoms with Crippen LogP contribution < -0.4 is 5.43 Å². The van der Waals surface area contributed by atoms with Crippen LogP contribution in [0.4, 0.5) is 0 Å². The van der Waals surface area contributed by atoms with Crippen LogP contribution in [0.3, 0.4) is 0 Å². The average molecular weight is 327 g/mol. The van der Waals surface area contributed by atoms with E-state index in [-0.39, 0.29) is 11.2 Å². The molecule has 1 amide bonds. The Morgan fingerprint density at radius 2 is 2.00 bits per heavy atom. The maximum atomic E-state index is 12.1. The molecule has 2 aromatic rings. The summed E-state index contributed by atoms with van der Waals surface area (Å²) in [6, 6.07) is 9.71. The third kappa shape index (κ3) is 4.66. The van der Waals surface area contributed by atoms with Crippen LogP contribution in [-0.2, 0) is 4.79 Å². The Bertz CT molecular complexity index is 714. The van der Waals surface area contributed by atoms with E-state index in [9.17, 15) is 4.79 Å². The van der Waals surface area contributed by atoms with E-state index in [1.165, 1.54) is 28.5 Å². The molecule has 0 fully saturated rings. The summed E-state index contributed by atoms with van der Waals surface area (Å²) >= 11 is 1.41. The lowest BCUT2D eigenvalue weighted by Gasteiger charge is -2.09. The minimum absolute atomic E-state index is 0.140. The molecule has 1 heterocycles. The molecule has 1 N–H and O–H groups in total. The number of hydrogen-bond donors (Lipinski definition) is 1. The Morgan fingerprint density at radius 1 is 1.22 bits per heavy atom. The fourth-order valence-electron chi connectivity index (χ4n) is 2.02. The topological polar surface area (TPSA) is 54.4 Å². The second-order valence-corrected chi connectivity index (χ2v) is 6.75. The summed E-state index contributed by atoms with van der Waals surface area (Å²) in [5.74, 6) is -0.140. The largest absolute Gasteiger partial charge is 0.272 e. The molecule has 0 unspecified atom stereocenters. The van der Waals surface area contributed by atoms with Crippen LogP contribution in [0, 0.1) is 20.8 Å². The minimum Gasteiger partial charge on any atom is -0.272 e. The van der Waals surface area contributed by atoms with Crippen molar-refractivity contribution in [3.8, 4) is 0 Å². The summed E-state index contributed by atoms with van der Waals surface area (Å²) in [6.45, 7) is 8.07. The summed E-state index contributed by atoms with van der Waals surface area (Å²) in [5.41, 5.74) is 7.29. The minimum atomic E-state index is -0.261. The summed E-state index contributed by atoms with van der Waals surface area (Å²) in [5, 5.41) is 4.64. The number of hydrogen-bond acceptors (Lipinski definition) is 4. The zero-order chi connectivity index (χ0) is 16.8.